The topological polar surface area (TPSA) is 237 Å². The molecule has 0 aliphatic carbocycles. The summed E-state index contributed by atoms with van der Waals surface area (Å²) in [6.07, 6.45) is 82.2. The van der Waals surface area contributed by atoms with E-state index in [0.29, 0.717) is 25.7 Å². The second-order valence-electron chi connectivity index (χ2n) is 33.9. The number of ether oxygens (including phenoxy) is 4. The molecule has 112 heavy (non-hydrogen) atoms. The molecule has 0 aromatic rings. The summed E-state index contributed by atoms with van der Waals surface area (Å²) in [5.41, 5.74) is 0. The van der Waals surface area contributed by atoms with Gasteiger partial charge in [-0.1, -0.05) is 458 Å². The molecule has 0 saturated carbocycles. The summed E-state index contributed by atoms with van der Waals surface area (Å²) in [7, 11) is -9.94. The summed E-state index contributed by atoms with van der Waals surface area (Å²) < 4.78 is 69.1. The molecule has 0 rings (SSSR count). The molecular weight excluding hydrogens is 1450 g/mol. The zero-order valence-corrected chi connectivity index (χ0v) is 75.6. The van der Waals surface area contributed by atoms with Crippen LogP contribution >= 0.6 is 15.6 Å². The third-order valence-corrected chi connectivity index (χ3v) is 23.9. The fourth-order valence-corrected chi connectivity index (χ4v) is 16.3. The van der Waals surface area contributed by atoms with E-state index in [1.807, 2.05) is 0 Å². The van der Waals surface area contributed by atoms with Gasteiger partial charge >= 0.3 is 39.5 Å². The van der Waals surface area contributed by atoms with Crippen LogP contribution < -0.4 is 0 Å². The molecule has 0 amide bonds. The molecular formula is C93H182O17P2. The van der Waals surface area contributed by atoms with Crippen LogP contribution in [0.25, 0.3) is 0 Å². The summed E-state index contributed by atoms with van der Waals surface area (Å²) in [6.45, 7) is 7.39. The number of phosphoric acid groups is 2. The third-order valence-electron chi connectivity index (χ3n) is 22.0. The molecule has 0 aromatic heterocycles. The number of aliphatic hydroxyl groups is 1. The fourth-order valence-electron chi connectivity index (χ4n) is 14.7. The lowest BCUT2D eigenvalue weighted by Gasteiger charge is -2.21. The first-order chi connectivity index (χ1) is 54.5. The van der Waals surface area contributed by atoms with E-state index in [0.717, 1.165) is 95.8 Å². The molecule has 0 aliphatic rings. The standard InChI is InChI=1S/C93H182O17P2/c1-6-9-12-15-18-21-24-27-30-33-36-39-42-45-48-51-56-61-66-71-76-90(95)103-82-88(109-92(97)78-73-68-63-57-52-49-46-43-40-37-34-31-28-25-22-19-16-13-10-7-2)84-107-111(99,100)105-80-87(94)81-106-112(101,102)108-85-89(83-104-91(96)77-72-67-62-59-54-55-60-65-70-75-86(4)5)110-93(98)79-74-69-64-58-53-50-47-44-41-38-35-32-29-26-23-20-17-14-11-8-3/h86-89,94H,6-85H2,1-5H3,(H,99,100)(H,101,102)/t87-,88-,89-/m1/s1. The molecule has 0 spiro atoms. The van der Waals surface area contributed by atoms with Crippen molar-refractivity contribution in [1.82, 2.24) is 0 Å². The summed E-state index contributed by atoms with van der Waals surface area (Å²) >= 11 is 0. The van der Waals surface area contributed by atoms with Gasteiger partial charge in [0, 0.05) is 25.7 Å². The maximum atomic E-state index is 13.2. The Bertz CT molecular complexity index is 2120. The van der Waals surface area contributed by atoms with E-state index in [2.05, 4.69) is 34.6 Å². The average Bonchev–Trinajstić information content (AvgIpc) is 0.904. The predicted octanol–water partition coefficient (Wildman–Crippen LogP) is 29.1. The zero-order chi connectivity index (χ0) is 81.8. The first-order valence-electron chi connectivity index (χ1n) is 48.1. The summed E-state index contributed by atoms with van der Waals surface area (Å²) in [5.74, 6) is -1.35. The first kappa shape index (κ1) is 110. The molecule has 0 bridgehead atoms. The largest absolute Gasteiger partial charge is 0.472 e. The van der Waals surface area contributed by atoms with Crippen molar-refractivity contribution in [2.45, 2.75) is 528 Å². The maximum absolute atomic E-state index is 13.2. The molecule has 0 aromatic carbocycles. The highest BCUT2D eigenvalue weighted by molar-refractivity contribution is 7.47. The van der Waals surface area contributed by atoms with Crippen molar-refractivity contribution in [3.8, 4) is 0 Å². The van der Waals surface area contributed by atoms with E-state index in [-0.39, 0.29) is 25.7 Å². The number of hydrogen-bond acceptors (Lipinski definition) is 15. The van der Waals surface area contributed by atoms with Gasteiger partial charge in [-0.25, -0.2) is 9.13 Å². The van der Waals surface area contributed by atoms with Gasteiger partial charge in [-0.05, 0) is 31.6 Å². The molecule has 3 N–H and O–H groups in total. The predicted molar refractivity (Wildman–Crippen MR) is 465 cm³/mol. The Kier molecular flexibility index (Phi) is 84.0. The van der Waals surface area contributed by atoms with Gasteiger partial charge < -0.3 is 33.8 Å². The normalized spacial score (nSPS) is 13.7. The van der Waals surface area contributed by atoms with Gasteiger partial charge in [-0.2, -0.15) is 0 Å². The van der Waals surface area contributed by atoms with Crippen molar-refractivity contribution in [3.63, 3.8) is 0 Å². The molecule has 0 fully saturated rings. The summed E-state index contributed by atoms with van der Waals surface area (Å²) in [6, 6.07) is 0. The SMILES string of the molecule is CCCCCCCCCCCCCCCCCCCCCCC(=O)OC[C@H](COP(=O)(O)OC[C@@H](O)COP(=O)(O)OC[C@@H](COC(=O)CCCCCCCCCCCC(C)C)OC(=O)CCCCCCCCCCCCCCCCCCCCCC)OC(=O)CCCCCCCCCCCCCCCCCCCCCC. The van der Waals surface area contributed by atoms with Gasteiger partial charge in [-0.15, -0.1) is 0 Å². The average molecular weight is 1630 g/mol. The van der Waals surface area contributed by atoms with Gasteiger partial charge in [0.15, 0.2) is 12.2 Å². The van der Waals surface area contributed by atoms with Gasteiger partial charge in [0.1, 0.15) is 19.3 Å². The Labute approximate surface area is 689 Å². The Morgan fingerprint density at radius 1 is 0.241 bits per heavy atom. The smallest absolute Gasteiger partial charge is 0.462 e. The number of aliphatic hydroxyl groups excluding tert-OH is 1. The number of rotatable bonds is 93. The van der Waals surface area contributed by atoms with Crippen LogP contribution in [0.3, 0.4) is 0 Å². The summed E-state index contributed by atoms with van der Waals surface area (Å²) in [4.78, 5) is 73.5. The highest BCUT2D eigenvalue weighted by Crippen LogP contribution is 2.45. The molecule has 0 radical (unpaired) electrons. The Balaban J connectivity index is 5.24. The van der Waals surface area contributed by atoms with Gasteiger partial charge in [0.25, 0.3) is 0 Å². The molecule has 0 heterocycles. The van der Waals surface area contributed by atoms with E-state index >= 15 is 0 Å². The van der Waals surface area contributed by atoms with E-state index in [1.54, 1.807) is 0 Å². The number of esters is 4. The number of phosphoric ester groups is 2. The minimum absolute atomic E-state index is 0.109. The van der Waals surface area contributed by atoms with Crippen molar-refractivity contribution < 1.29 is 80.2 Å². The Hall–Kier alpha value is -1.94. The molecule has 17 nitrogen and oxygen atoms in total. The van der Waals surface area contributed by atoms with Crippen molar-refractivity contribution >= 4 is 39.5 Å². The Morgan fingerprint density at radius 3 is 0.607 bits per heavy atom. The minimum Gasteiger partial charge on any atom is -0.462 e. The molecule has 0 aliphatic heterocycles. The monoisotopic (exact) mass is 1630 g/mol. The number of carbonyl (C=O) groups excluding carboxylic acids is 4. The van der Waals surface area contributed by atoms with Crippen LogP contribution in [-0.4, -0.2) is 96.7 Å². The lowest BCUT2D eigenvalue weighted by Crippen LogP contribution is -2.30. The Morgan fingerprint density at radius 2 is 0.411 bits per heavy atom. The van der Waals surface area contributed by atoms with Gasteiger partial charge in [-0.3, -0.25) is 37.3 Å². The van der Waals surface area contributed by atoms with Crippen LogP contribution in [0, 0.1) is 5.92 Å². The summed E-state index contributed by atoms with van der Waals surface area (Å²) in [5, 5.41) is 10.7. The molecule has 666 valence electrons. The van der Waals surface area contributed by atoms with Crippen LogP contribution in [0.5, 0.6) is 0 Å². The van der Waals surface area contributed by atoms with Crippen LogP contribution in [0.2, 0.25) is 0 Å². The second kappa shape index (κ2) is 85.5. The van der Waals surface area contributed by atoms with Crippen molar-refractivity contribution in [2.24, 2.45) is 5.92 Å². The van der Waals surface area contributed by atoms with E-state index in [1.165, 1.54) is 334 Å². The van der Waals surface area contributed by atoms with Crippen LogP contribution in [-0.2, 0) is 65.4 Å². The molecule has 19 heteroatoms. The van der Waals surface area contributed by atoms with E-state index in [4.69, 9.17) is 37.0 Å². The van der Waals surface area contributed by atoms with Crippen molar-refractivity contribution in [3.05, 3.63) is 0 Å². The fraction of sp³-hybridized carbons (Fsp3) is 0.957. The van der Waals surface area contributed by atoms with Crippen molar-refractivity contribution in [1.29, 1.82) is 0 Å². The molecule has 2 unspecified atom stereocenters. The zero-order valence-electron chi connectivity index (χ0n) is 73.8. The minimum atomic E-state index is -4.97. The quantitative estimate of drug-likeness (QED) is 0.0222. The van der Waals surface area contributed by atoms with Gasteiger partial charge in [0.05, 0.1) is 26.4 Å². The molecule has 0 saturated heterocycles. The second-order valence-corrected chi connectivity index (χ2v) is 36.8. The van der Waals surface area contributed by atoms with Crippen molar-refractivity contribution in [2.75, 3.05) is 39.6 Å². The third kappa shape index (κ3) is 85.9. The van der Waals surface area contributed by atoms with E-state index in [9.17, 15) is 43.2 Å². The highest BCUT2D eigenvalue weighted by atomic mass is 31.2. The highest BCUT2D eigenvalue weighted by Gasteiger charge is 2.31. The lowest BCUT2D eigenvalue weighted by molar-refractivity contribution is -0.161. The lowest BCUT2D eigenvalue weighted by atomic mass is 10.0. The van der Waals surface area contributed by atoms with Gasteiger partial charge in [0.2, 0.25) is 0 Å². The number of unbranched alkanes of at least 4 members (excludes halogenated alkanes) is 65. The molecule has 5 atom stereocenters. The first-order valence-corrected chi connectivity index (χ1v) is 51.1. The van der Waals surface area contributed by atoms with Crippen LogP contribution in [0.15, 0.2) is 0 Å². The van der Waals surface area contributed by atoms with E-state index < -0.39 is 97.5 Å². The van der Waals surface area contributed by atoms with Crippen LogP contribution in [0.4, 0.5) is 0 Å². The maximum Gasteiger partial charge on any atom is 0.472 e. The number of hydrogen-bond donors (Lipinski definition) is 3. The number of carbonyl (C=O) groups is 4. The van der Waals surface area contributed by atoms with Crippen LogP contribution in [0.1, 0.15) is 510 Å².